The number of hydrogen-bond donors (Lipinski definition) is 0. The summed E-state index contributed by atoms with van der Waals surface area (Å²) in [5, 5.41) is 0. The van der Waals surface area contributed by atoms with Crippen LogP contribution in [0.1, 0.15) is 26.7 Å². The molecule has 0 aromatic heterocycles. The number of Topliss-reactive ketones (excluding diaryl/α,β-unsaturated/α-hetero) is 1. The van der Waals surface area contributed by atoms with Crippen molar-refractivity contribution in [1.82, 2.24) is 0 Å². The molecule has 0 amide bonds. The smallest absolute Gasteiger partial charge is 0.316 e. The molecule has 78 valence electrons. The summed E-state index contributed by atoms with van der Waals surface area (Å²) in [5.74, 6) is 1.57. The number of halogens is 1. The van der Waals surface area contributed by atoms with E-state index in [4.69, 9.17) is 4.74 Å². The van der Waals surface area contributed by atoms with Gasteiger partial charge in [0, 0.05) is 29.0 Å². The lowest BCUT2D eigenvalue weighted by Gasteiger charge is -2.10. The second-order valence-electron chi connectivity index (χ2n) is 2.73. The minimum Gasteiger partial charge on any atom is -0.465 e. The molecule has 0 rings (SSSR count). The van der Waals surface area contributed by atoms with Crippen molar-refractivity contribution in [3.63, 3.8) is 0 Å². The topological polar surface area (TPSA) is 43.4 Å². The maximum absolute atomic E-state index is 11.3. The van der Waals surface area contributed by atoms with Gasteiger partial charge >= 0.3 is 5.97 Å². The van der Waals surface area contributed by atoms with Gasteiger partial charge < -0.3 is 4.74 Å². The van der Waals surface area contributed by atoms with Crippen molar-refractivity contribution < 1.29 is 14.3 Å². The highest BCUT2D eigenvalue weighted by Gasteiger charge is 2.23. The molecule has 0 aliphatic heterocycles. The Kier molecular flexibility index (Phi) is 7.48. The fraction of sp³-hybridized carbons (Fsp3) is 0.600. The molecular formula is C10H13IO3. The Balaban J connectivity index is 4.19. The van der Waals surface area contributed by atoms with E-state index >= 15 is 0 Å². The van der Waals surface area contributed by atoms with Crippen LogP contribution in [-0.4, -0.2) is 18.4 Å². The normalized spacial score (nSPS) is 11.1. The van der Waals surface area contributed by atoms with Gasteiger partial charge in [0.15, 0.2) is 0 Å². The molecule has 4 heteroatoms. The van der Waals surface area contributed by atoms with Crippen LogP contribution in [0.2, 0.25) is 0 Å². The van der Waals surface area contributed by atoms with Gasteiger partial charge in [-0.2, -0.15) is 0 Å². The predicted octanol–water partition coefficient (Wildman–Crippen LogP) is 1.93. The second kappa shape index (κ2) is 7.80. The molecule has 14 heavy (non-hydrogen) atoms. The average Bonchev–Trinajstić information content (AvgIpc) is 2.12. The minimum absolute atomic E-state index is 0.154. The van der Waals surface area contributed by atoms with Gasteiger partial charge in [-0.25, -0.2) is 0 Å². The SMILES string of the molecule is CCOC(=O)C(CCC#CI)C(C)=O. The summed E-state index contributed by atoms with van der Waals surface area (Å²) in [6, 6.07) is 0. The van der Waals surface area contributed by atoms with E-state index < -0.39 is 11.9 Å². The fourth-order valence-corrected chi connectivity index (χ4v) is 1.26. The number of ether oxygens (including phenoxy) is 1. The maximum atomic E-state index is 11.3. The third-order valence-corrected chi connectivity index (χ3v) is 2.07. The first-order valence-electron chi connectivity index (χ1n) is 4.39. The van der Waals surface area contributed by atoms with Gasteiger partial charge in [-0.05, 0) is 24.2 Å². The molecule has 1 atom stereocenters. The Bertz CT molecular complexity index is 262. The molecule has 0 fully saturated rings. The van der Waals surface area contributed by atoms with Crippen LogP contribution in [0.5, 0.6) is 0 Å². The van der Waals surface area contributed by atoms with E-state index in [2.05, 4.69) is 9.85 Å². The quantitative estimate of drug-likeness (QED) is 0.337. The van der Waals surface area contributed by atoms with Crippen molar-refractivity contribution in [2.24, 2.45) is 5.92 Å². The molecule has 1 unspecified atom stereocenters. The van der Waals surface area contributed by atoms with Gasteiger partial charge in [-0.1, -0.05) is 5.92 Å². The number of ketones is 1. The molecule has 0 aromatic rings. The number of esters is 1. The molecule has 0 saturated carbocycles. The Morgan fingerprint density at radius 3 is 2.57 bits per heavy atom. The van der Waals surface area contributed by atoms with Crippen LogP contribution >= 0.6 is 22.6 Å². The summed E-state index contributed by atoms with van der Waals surface area (Å²) >= 11 is 1.92. The molecule has 0 bridgehead atoms. The molecule has 0 N–H and O–H groups in total. The van der Waals surface area contributed by atoms with Crippen LogP contribution in [0.15, 0.2) is 0 Å². The summed E-state index contributed by atoms with van der Waals surface area (Å²) in [6.45, 7) is 3.43. The minimum atomic E-state index is -0.646. The first kappa shape index (κ1) is 13.4. The standard InChI is InChI=1S/C10H13IO3/c1-3-14-10(13)9(8(2)12)6-4-5-7-11/h9H,3-4,6H2,1-2H3. The van der Waals surface area contributed by atoms with E-state index in [-0.39, 0.29) is 5.78 Å². The lowest BCUT2D eigenvalue weighted by Crippen LogP contribution is -2.24. The number of hydrogen-bond acceptors (Lipinski definition) is 3. The molecule has 0 saturated heterocycles. The van der Waals surface area contributed by atoms with Gasteiger partial charge in [0.05, 0.1) is 6.61 Å². The van der Waals surface area contributed by atoms with Crippen molar-refractivity contribution in [1.29, 1.82) is 0 Å². The van der Waals surface area contributed by atoms with Crippen LogP contribution in [0.25, 0.3) is 0 Å². The van der Waals surface area contributed by atoms with Gasteiger partial charge in [-0.15, -0.1) is 0 Å². The predicted molar refractivity (Wildman–Crippen MR) is 61.8 cm³/mol. The first-order valence-corrected chi connectivity index (χ1v) is 5.47. The van der Waals surface area contributed by atoms with Crippen molar-refractivity contribution >= 4 is 34.3 Å². The molecular weight excluding hydrogens is 295 g/mol. The summed E-state index contributed by atoms with van der Waals surface area (Å²) in [5.41, 5.74) is 0. The van der Waals surface area contributed by atoms with Crippen molar-refractivity contribution in [2.45, 2.75) is 26.7 Å². The molecule has 0 spiro atoms. The van der Waals surface area contributed by atoms with Crippen LogP contribution in [0.3, 0.4) is 0 Å². The fourth-order valence-electron chi connectivity index (χ4n) is 0.994. The summed E-state index contributed by atoms with van der Waals surface area (Å²) in [7, 11) is 0. The van der Waals surface area contributed by atoms with Gasteiger partial charge in [0.1, 0.15) is 11.7 Å². The Labute approximate surface area is 97.7 Å². The highest BCUT2D eigenvalue weighted by molar-refractivity contribution is 14.1. The lowest BCUT2D eigenvalue weighted by atomic mass is 10.00. The average molecular weight is 308 g/mol. The first-order chi connectivity index (χ1) is 6.63. The van der Waals surface area contributed by atoms with E-state index in [1.54, 1.807) is 6.92 Å². The molecule has 0 aliphatic rings. The third-order valence-electron chi connectivity index (χ3n) is 1.69. The summed E-state index contributed by atoms with van der Waals surface area (Å²) in [6.07, 6.45) is 0.996. The van der Waals surface area contributed by atoms with Crippen molar-refractivity contribution in [3.8, 4) is 9.85 Å². The zero-order chi connectivity index (χ0) is 11.0. The monoisotopic (exact) mass is 308 g/mol. The number of carbonyl (C=O) groups excluding carboxylic acids is 2. The van der Waals surface area contributed by atoms with Crippen LogP contribution in [0.4, 0.5) is 0 Å². The highest BCUT2D eigenvalue weighted by Crippen LogP contribution is 2.09. The molecule has 0 heterocycles. The molecule has 3 nitrogen and oxygen atoms in total. The molecule has 0 aromatic carbocycles. The van der Waals surface area contributed by atoms with E-state index in [1.165, 1.54) is 6.92 Å². The van der Waals surface area contributed by atoms with E-state index in [0.717, 1.165) is 0 Å². The van der Waals surface area contributed by atoms with Gasteiger partial charge in [-0.3, -0.25) is 9.59 Å². The van der Waals surface area contributed by atoms with Crippen LogP contribution in [0, 0.1) is 15.8 Å². The van der Waals surface area contributed by atoms with Crippen LogP contribution < -0.4 is 0 Å². The maximum Gasteiger partial charge on any atom is 0.316 e. The van der Waals surface area contributed by atoms with E-state index in [1.807, 2.05) is 22.6 Å². The van der Waals surface area contributed by atoms with Gasteiger partial charge in [0.25, 0.3) is 0 Å². The zero-order valence-corrected chi connectivity index (χ0v) is 10.5. The third kappa shape index (κ3) is 5.22. The van der Waals surface area contributed by atoms with E-state index in [9.17, 15) is 9.59 Å². The number of carbonyl (C=O) groups is 2. The molecule has 0 aliphatic carbocycles. The van der Waals surface area contributed by atoms with Crippen molar-refractivity contribution in [3.05, 3.63) is 0 Å². The van der Waals surface area contributed by atoms with E-state index in [0.29, 0.717) is 19.4 Å². The largest absolute Gasteiger partial charge is 0.465 e. The lowest BCUT2D eigenvalue weighted by molar-refractivity contribution is -0.151. The zero-order valence-electron chi connectivity index (χ0n) is 8.30. The summed E-state index contributed by atoms with van der Waals surface area (Å²) in [4.78, 5) is 22.4. The van der Waals surface area contributed by atoms with Gasteiger partial charge in [0.2, 0.25) is 0 Å². The molecule has 0 radical (unpaired) electrons. The second-order valence-corrected chi connectivity index (χ2v) is 3.26. The van der Waals surface area contributed by atoms with Crippen molar-refractivity contribution in [2.75, 3.05) is 6.61 Å². The number of rotatable bonds is 5. The Morgan fingerprint density at radius 2 is 2.14 bits per heavy atom. The Morgan fingerprint density at radius 1 is 1.50 bits per heavy atom. The van der Waals surface area contributed by atoms with Crippen LogP contribution in [-0.2, 0) is 14.3 Å². The highest BCUT2D eigenvalue weighted by atomic mass is 127. The summed E-state index contributed by atoms with van der Waals surface area (Å²) < 4.78 is 7.48. The Hall–Kier alpha value is -0.570.